The van der Waals surface area contributed by atoms with E-state index in [0.29, 0.717) is 12.2 Å². The van der Waals surface area contributed by atoms with Crippen LogP contribution in [0.5, 0.6) is 0 Å². The normalized spacial score (nSPS) is 10.7. The van der Waals surface area contributed by atoms with E-state index >= 15 is 0 Å². The Labute approximate surface area is 122 Å². The monoisotopic (exact) mass is 292 g/mol. The fourth-order valence-electron chi connectivity index (χ4n) is 1.87. The van der Waals surface area contributed by atoms with E-state index in [4.69, 9.17) is 0 Å². The van der Waals surface area contributed by atoms with Gasteiger partial charge in [0.25, 0.3) is 0 Å². The molecule has 0 bridgehead atoms. The minimum Gasteiger partial charge on any atom is -0.335 e. The number of carbonyl (C=O) groups is 1. The molecule has 0 amide bonds. The van der Waals surface area contributed by atoms with Crippen LogP contribution in [0, 0.1) is 5.82 Å². The predicted octanol–water partition coefficient (Wildman–Crippen LogP) is 3.34. The average Bonchev–Trinajstić information content (AvgIpc) is 2.86. The number of aryl methyl sites for hydroxylation is 1. The molecular weight excluding hydrogens is 275 g/mol. The van der Waals surface area contributed by atoms with E-state index in [2.05, 4.69) is 11.9 Å². The minimum absolute atomic E-state index is 0.128. The van der Waals surface area contributed by atoms with Crippen molar-refractivity contribution in [1.29, 1.82) is 0 Å². The van der Waals surface area contributed by atoms with Gasteiger partial charge >= 0.3 is 0 Å². The Balaban J connectivity index is 1.86. The van der Waals surface area contributed by atoms with Crippen molar-refractivity contribution in [3.63, 3.8) is 0 Å². The fraction of sp³-hybridized carbons (Fsp3) is 0.333. The third-order valence-electron chi connectivity index (χ3n) is 2.83. The van der Waals surface area contributed by atoms with E-state index in [0.717, 1.165) is 23.7 Å². The first-order valence-corrected chi connectivity index (χ1v) is 7.57. The van der Waals surface area contributed by atoms with Gasteiger partial charge in [-0.1, -0.05) is 6.92 Å². The Bertz CT molecular complexity index is 566. The molecule has 106 valence electrons. The molecule has 0 aliphatic heterocycles. The molecule has 0 spiro atoms. The summed E-state index contributed by atoms with van der Waals surface area (Å²) in [5.74, 6) is 1.06. The summed E-state index contributed by atoms with van der Waals surface area (Å²) in [6, 6.07) is 6.18. The maximum absolute atomic E-state index is 12.8. The summed E-state index contributed by atoms with van der Waals surface area (Å²) in [5.41, 5.74) is 0. The van der Waals surface area contributed by atoms with E-state index in [1.165, 1.54) is 23.9 Å². The van der Waals surface area contributed by atoms with Gasteiger partial charge in [-0.05, 0) is 30.7 Å². The van der Waals surface area contributed by atoms with Crippen LogP contribution in [0.25, 0.3) is 0 Å². The molecule has 0 N–H and O–H groups in total. The molecule has 5 heteroatoms. The number of carbonyl (C=O) groups excluding carboxylic acids is 1. The smallest absolute Gasteiger partial charge is 0.150 e. The highest BCUT2D eigenvalue weighted by Gasteiger charge is 2.09. The van der Waals surface area contributed by atoms with Crippen molar-refractivity contribution in [3.05, 3.63) is 48.3 Å². The summed E-state index contributed by atoms with van der Waals surface area (Å²) in [6.07, 6.45) is 4.99. The van der Waals surface area contributed by atoms with Crippen LogP contribution in [0.2, 0.25) is 0 Å². The molecule has 0 saturated carbocycles. The Morgan fingerprint density at radius 1 is 1.35 bits per heavy atom. The largest absolute Gasteiger partial charge is 0.335 e. The number of imidazole rings is 1. The van der Waals surface area contributed by atoms with Crippen LogP contribution in [-0.4, -0.2) is 21.1 Å². The quantitative estimate of drug-likeness (QED) is 0.734. The standard InChI is InChI=1S/C15H17FN2OS/c1-2-8-18-9-7-17-15(18)10-13(19)11-20-14-5-3-12(16)4-6-14/h3-7,9H,2,8,10-11H2,1H3. The van der Waals surface area contributed by atoms with E-state index in [-0.39, 0.29) is 11.6 Å². The maximum atomic E-state index is 12.8. The van der Waals surface area contributed by atoms with Gasteiger partial charge in [-0.15, -0.1) is 11.8 Å². The van der Waals surface area contributed by atoms with E-state index in [1.54, 1.807) is 18.3 Å². The predicted molar refractivity (Wildman–Crippen MR) is 78.4 cm³/mol. The molecule has 0 unspecified atom stereocenters. The second-order valence-corrected chi connectivity index (χ2v) is 5.54. The summed E-state index contributed by atoms with van der Waals surface area (Å²) in [6.45, 7) is 2.98. The van der Waals surface area contributed by atoms with Crippen LogP contribution in [-0.2, 0) is 17.8 Å². The van der Waals surface area contributed by atoms with Crippen molar-refractivity contribution in [1.82, 2.24) is 9.55 Å². The zero-order chi connectivity index (χ0) is 14.4. The second kappa shape index (κ2) is 7.24. The zero-order valence-electron chi connectivity index (χ0n) is 11.4. The van der Waals surface area contributed by atoms with Gasteiger partial charge in [0.2, 0.25) is 0 Å². The Hall–Kier alpha value is -1.62. The topological polar surface area (TPSA) is 34.9 Å². The molecule has 2 aromatic rings. The molecule has 1 aromatic heterocycles. The Morgan fingerprint density at radius 2 is 2.10 bits per heavy atom. The number of hydrogen-bond acceptors (Lipinski definition) is 3. The summed E-state index contributed by atoms with van der Waals surface area (Å²) < 4.78 is 14.8. The van der Waals surface area contributed by atoms with Crippen molar-refractivity contribution in [3.8, 4) is 0 Å². The summed E-state index contributed by atoms with van der Waals surface area (Å²) in [5, 5.41) is 0. The molecule has 0 fully saturated rings. The lowest BCUT2D eigenvalue weighted by Crippen LogP contribution is -2.11. The molecule has 0 aliphatic carbocycles. The van der Waals surface area contributed by atoms with E-state index in [9.17, 15) is 9.18 Å². The molecular formula is C15H17FN2OS. The van der Waals surface area contributed by atoms with Crippen molar-refractivity contribution in [2.45, 2.75) is 31.2 Å². The lowest BCUT2D eigenvalue weighted by molar-refractivity contribution is -0.116. The van der Waals surface area contributed by atoms with Crippen LogP contribution in [0.4, 0.5) is 4.39 Å². The molecule has 0 radical (unpaired) electrons. The second-order valence-electron chi connectivity index (χ2n) is 4.49. The molecule has 20 heavy (non-hydrogen) atoms. The van der Waals surface area contributed by atoms with E-state index < -0.39 is 0 Å². The van der Waals surface area contributed by atoms with Gasteiger partial charge < -0.3 is 4.57 Å². The highest BCUT2D eigenvalue weighted by atomic mass is 32.2. The van der Waals surface area contributed by atoms with Crippen molar-refractivity contribution >= 4 is 17.5 Å². The highest BCUT2D eigenvalue weighted by molar-refractivity contribution is 8.00. The van der Waals surface area contributed by atoms with Gasteiger partial charge in [-0.25, -0.2) is 9.37 Å². The summed E-state index contributed by atoms with van der Waals surface area (Å²) >= 11 is 1.43. The number of hydrogen-bond donors (Lipinski definition) is 0. The van der Waals surface area contributed by atoms with Crippen LogP contribution in [0.3, 0.4) is 0 Å². The zero-order valence-corrected chi connectivity index (χ0v) is 12.2. The van der Waals surface area contributed by atoms with Crippen molar-refractivity contribution in [2.75, 3.05) is 5.75 Å². The lowest BCUT2D eigenvalue weighted by atomic mass is 10.3. The van der Waals surface area contributed by atoms with Gasteiger partial charge in [0.1, 0.15) is 11.6 Å². The fourth-order valence-corrected chi connectivity index (χ4v) is 2.63. The van der Waals surface area contributed by atoms with E-state index in [1.807, 2.05) is 10.8 Å². The number of nitrogens with zero attached hydrogens (tertiary/aromatic N) is 2. The maximum Gasteiger partial charge on any atom is 0.150 e. The molecule has 0 saturated heterocycles. The first-order chi connectivity index (χ1) is 9.69. The molecule has 2 rings (SSSR count). The van der Waals surface area contributed by atoms with Crippen molar-refractivity contribution in [2.24, 2.45) is 0 Å². The number of aromatic nitrogens is 2. The van der Waals surface area contributed by atoms with Gasteiger partial charge in [0.05, 0.1) is 12.2 Å². The number of halogens is 1. The van der Waals surface area contributed by atoms with Gasteiger partial charge in [-0.3, -0.25) is 4.79 Å². The van der Waals surface area contributed by atoms with Gasteiger partial charge in [0.15, 0.2) is 5.78 Å². The van der Waals surface area contributed by atoms with Crippen LogP contribution in [0.15, 0.2) is 41.6 Å². The molecule has 3 nitrogen and oxygen atoms in total. The number of benzene rings is 1. The SMILES string of the molecule is CCCn1ccnc1CC(=O)CSc1ccc(F)cc1. The minimum atomic E-state index is -0.262. The highest BCUT2D eigenvalue weighted by Crippen LogP contribution is 2.18. The summed E-state index contributed by atoms with van der Waals surface area (Å²) in [4.78, 5) is 17.1. The summed E-state index contributed by atoms with van der Waals surface area (Å²) in [7, 11) is 0. The number of thioether (sulfide) groups is 1. The third kappa shape index (κ3) is 4.20. The first-order valence-electron chi connectivity index (χ1n) is 6.59. The van der Waals surface area contributed by atoms with Crippen LogP contribution >= 0.6 is 11.8 Å². The number of rotatable bonds is 7. The lowest BCUT2D eigenvalue weighted by Gasteiger charge is -2.05. The average molecular weight is 292 g/mol. The Kier molecular flexibility index (Phi) is 5.35. The molecule has 0 aliphatic rings. The van der Waals surface area contributed by atoms with Gasteiger partial charge in [0, 0.05) is 23.8 Å². The molecule has 0 atom stereocenters. The Morgan fingerprint density at radius 3 is 2.80 bits per heavy atom. The number of ketones is 1. The van der Waals surface area contributed by atoms with Crippen molar-refractivity contribution < 1.29 is 9.18 Å². The first kappa shape index (κ1) is 14.8. The number of Topliss-reactive ketones (excluding diaryl/α,β-unsaturated/α-hetero) is 1. The molecule has 1 aromatic carbocycles. The molecule has 1 heterocycles. The van der Waals surface area contributed by atoms with Crippen LogP contribution < -0.4 is 0 Å². The van der Waals surface area contributed by atoms with Crippen LogP contribution in [0.1, 0.15) is 19.2 Å². The third-order valence-corrected chi connectivity index (χ3v) is 3.91. The van der Waals surface area contributed by atoms with Gasteiger partial charge in [-0.2, -0.15) is 0 Å².